The molecule has 0 radical (unpaired) electrons. The van der Waals surface area contributed by atoms with Crippen molar-refractivity contribution >= 4 is 46.3 Å². The topological polar surface area (TPSA) is 55.1 Å². The number of halogens is 2. The van der Waals surface area contributed by atoms with Gasteiger partial charge in [-0.2, -0.15) is 0 Å². The largest absolute Gasteiger partial charge is 0.338 e. The third kappa shape index (κ3) is 2.37. The normalized spacial score (nSPS) is 10.4. The first-order chi connectivity index (χ1) is 7.56. The van der Waals surface area contributed by atoms with Gasteiger partial charge in [0, 0.05) is 6.07 Å². The minimum absolute atomic E-state index is 0.279. The molecule has 1 N–H and O–H groups in total. The molecule has 0 bridgehead atoms. The Morgan fingerprint density at radius 2 is 2.25 bits per heavy atom. The van der Waals surface area contributed by atoms with Gasteiger partial charge in [-0.15, -0.1) is 11.3 Å². The van der Waals surface area contributed by atoms with Crippen molar-refractivity contribution in [2.45, 2.75) is 6.92 Å². The molecule has 0 aliphatic rings. The van der Waals surface area contributed by atoms with Crippen molar-refractivity contribution in [3.63, 3.8) is 0 Å². The number of nitrogens with one attached hydrogen (secondary N) is 1. The summed E-state index contributed by atoms with van der Waals surface area (Å²) in [5.74, 6) is -0.0924. The minimum atomic E-state index is -0.371. The first kappa shape index (κ1) is 11.4. The van der Waals surface area contributed by atoms with Gasteiger partial charge < -0.3 is 4.52 Å². The second-order valence-corrected chi connectivity index (χ2v) is 5.31. The number of anilines is 1. The Morgan fingerprint density at radius 3 is 2.75 bits per heavy atom. The lowest BCUT2D eigenvalue weighted by molar-refractivity contribution is 0.102. The number of carbonyl (C=O) groups is 1. The van der Waals surface area contributed by atoms with Crippen LogP contribution in [0.2, 0.25) is 8.67 Å². The van der Waals surface area contributed by atoms with Crippen LogP contribution in [0.3, 0.4) is 0 Å². The van der Waals surface area contributed by atoms with E-state index in [4.69, 9.17) is 27.7 Å². The molecule has 7 heteroatoms. The molecule has 0 aliphatic carbocycles. The van der Waals surface area contributed by atoms with Gasteiger partial charge in [-0.1, -0.05) is 28.4 Å². The van der Waals surface area contributed by atoms with E-state index in [9.17, 15) is 4.79 Å². The van der Waals surface area contributed by atoms with Crippen LogP contribution >= 0.6 is 34.5 Å². The van der Waals surface area contributed by atoms with Gasteiger partial charge in [0.2, 0.25) is 5.88 Å². The predicted molar refractivity (Wildman–Crippen MR) is 63.5 cm³/mol. The third-order valence-electron chi connectivity index (χ3n) is 1.77. The molecule has 1 amide bonds. The standard InChI is InChI=1S/C9H6Cl2N2O2S/c1-4-2-7(15-13-4)12-9(14)5-3-6(10)16-8(5)11/h2-3H,1H3,(H,12,14). The van der Waals surface area contributed by atoms with E-state index in [2.05, 4.69) is 10.5 Å². The summed E-state index contributed by atoms with van der Waals surface area (Å²) in [5.41, 5.74) is 1.01. The first-order valence-corrected chi connectivity index (χ1v) is 5.83. The van der Waals surface area contributed by atoms with Gasteiger partial charge in [0.1, 0.15) is 4.34 Å². The molecule has 0 unspecified atom stereocenters. The summed E-state index contributed by atoms with van der Waals surface area (Å²) in [7, 11) is 0. The number of hydrogen-bond acceptors (Lipinski definition) is 4. The highest BCUT2D eigenvalue weighted by Gasteiger charge is 2.15. The van der Waals surface area contributed by atoms with Crippen LogP contribution in [0.25, 0.3) is 0 Å². The van der Waals surface area contributed by atoms with Crippen LogP contribution in [0, 0.1) is 6.92 Å². The SMILES string of the molecule is Cc1cc(NC(=O)c2cc(Cl)sc2Cl)on1. The molecule has 0 aliphatic heterocycles. The van der Waals surface area contributed by atoms with Gasteiger partial charge in [0.05, 0.1) is 15.6 Å². The molecule has 0 spiro atoms. The maximum Gasteiger partial charge on any atom is 0.260 e. The summed E-state index contributed by atoms with van der Waals surface area (Å²) in [4.78, 5) is 11.7. The van der Waals surface area contributed by atoms with Gasteiger partial charge in [-0.3, -0.25) is 10.1 Å². The highest BCUT2D eigenvalue weighted by atomic mass is 35.5. The van der Waals surface area contributed by atoms with Crippen molar-refractivity contribution in [3.05, 3.63) is 32.1 Å². The number of hydrogen-bond donors (Lipinski definition) is 1. The van der Waals surface area contributed by atoms with E-state index >= 15 is 0 Å². The fraction of sp³-hybridized carbons (Fsp3) is 0.111. The number of carbonyl (C=O) groups excluding carboxylic acids is 1. The molecule has 0 atom stereocenters. The van der Waals surface area contributed by atoms with Gasteiger partial charge in [0.25, 0.3) is 5.91 Å². The smallest absolute Gasteiger partial charge is 0.260 e. The molecular weight excluding hydrogens is 271 g/mol. The van der Waals surface area contributed by atoms with Crippen LogP contribution in [0.15, 0.2) is 16.7 Å². The Morgan fingerprint density at radius 1 is 1.50 bits per heavy atom. The highest BCUT2D eigenvalue weighted by Crippen LogP contribution is 2.31. The van der Waals surface area contributed by atoms with E-state index in [-0.39, 0.29) is 11.8 Å². The van der Waals surface area contributed by atoms with Crippen molar-refractivity contribution in [1.82, 2.24) is 5.16 Å². The molecule has 0 aromatic carbocycles. The predicted octanol–water partition coefficient (Wildman–Crippen LogP) is 3.60. The van der Waals surface area contributed by atoms with Gasteiger partial charge >= 0.3 is 0 Å². The number of aromatic nitrogens is 1. The average molecular weight is 277 g/mol. The third-order valence-corrected chi connectivity index (χ3v) is 3.25. The first-order valence-electron chi connectivity index (χ1n) is 4.26. The second-order valence-electron chi connectivity index (χ2n) is 3.02. The number of rotatable bonds is 2. The van der Waals surface area contributed by atoms with E-state index < -0.39 is 0 Å². The molecule has 2 rings (SSSR count). The Balaban J connectivity index is 2.17. The zero-order chi connectivity index (χ0) is 11.7. The zero-order valence-corrected chi connectivity index (χ0v) is 10.4. The maximum atomic E-state index is 11.7. The van der Waals surface area contributed by atoms with Gasteiger partial charge in [-0.25, -0.2) is 0 Å². The van der Waals surface area contributed by atoms with E-state index in [1.807, 2.05) is 0 Å². The molecule has 0 fully saturated rings. The van der Waals surface area contributed by atoms with Gasteiger partial charge in [-0.05, 0) is 13.0 Å². The summed E-state index contributed by atoms with van der Waals surface area (Å²) in [6.45, 7) is 1.76. The lowest BCUT2D eigenvalue weighted by atomic mass is 10.3. The monoisotopic (exact) mass is 276 g/mol. The van der Waals surface area contributed by atoms with E-state index in [1.54, 1.807) is 13.0 Å². The Bertz CT molecular complexity index is 535. The average Bonchev–Trinajstić information content (AvgIpc) is 2.73. The quantitative estimate of drug-likeness (QED) is 0.912. The van der Waals surface area contributed by atoms with Crippen molar-refractivity contribution < 1.29 is 9.32 Å². The fourth-order valence-corrected chi connectivity index (χ4v) is 2.56. The molecule has 84 valence electrons. The Labute approximate surface area is 105 Å². The fourth-order valence-electron chi connectivity index (χ4n) is 1.10. The van der Waals surface area contributed by atoms with Crippen LogP contribution in [-0.4, -0.2) is 11.1 Å². The molecule has 4 nitrogen and oxygen atoms in total. The van der Waals surface area contributed by atoms with E-state index in [0.717, 1.165) is 11.3 Å². The molecule has 2 heterocycles. The van der Waals surface area contributed by atoms with Crippen LogP contribution in [0.5, 0.6) is 0 Å². The number of aryl methyl sites for hydroxylation is 1. The molecule has 0 saturated heterocycles. The van der Waals surface area contributed by atoms with Crippen molar-refractivity contribution in [2.75, 3.05) is 5.32 Å². The number of nitrogens with zero attached hydrogens (tertiary/aromatic N) is 1. The summed E-state index contributed by atoms with van der Waals surface area (Å²) < 4.78 is 5.66. The molecule has 16 heavy (non-hydrogen) atoms. The summed E-state index contributed by atoms with van der Waals surface area (Å²) in [6.07, 6.45) is 0. The van der Waals surface area contributed by atoms with Crippen molar-refractivity contribution in [2.24, 2.45) is 0 Å². The van der Waals surface area contributed by atoms with Crippen LogP contribution in [0.4, 0.5) is 5.88 Å². The lowest BCUT2D eigenvalue weighted by Gasteiger charge is -1.97. The van der Waals surface area contributed by atoms with Crippen LogP contribution in [0.1, 0.15) is 16.1 Å². The highest BCUT2D eigenvalue weighted by molar-refractivity contribution is 7.20. The molecule has 2 aromatic rings. The van der Waals surface area contributed by atoms with E-state index in [1.165, 1.54) is 6.07 Å². The molecular formula is C9H6Cl2N2O2S. The summed E-state index contributed by atoms with van der Waals surface area (Å²) in [5, 5.41) is 6.17. The Kier molecular flexibility index (Phi) is 3.18. The van der Waals surface area contributed by atoms with Crippen LogP contribution in [-0.2, 0) is 0 Å². The molecule has 2 aromatic heterocycles. The lowest BCUT2D eigenvalue weighted by Crippen LogP contribution is -2.10. The summed E-state index contributed by atoms with van der Waals surface area (Å²) in [6, 6.07) is 3.12. The maximum absolute atomic E-state index is 11.7. The number of amides is 1. The van der Waals surface area contributed by atoms with Gasteiger partial charge in [0.15, 0.2) is 0 Å². The minimum Gasteiger partial charge on any atom is -0.338 e. The zero-order valence-electron chi connectivity index (χ0n) is 8.08. The summed E-state index contributed by atoms with van der Waals surface area (Å²) >= 11 is 12.7. The van der Waals surface area contributed by atoms with Crippen LogP contribution < -0.4 is 5.32 Å². The second kappa shape index (κ2) is 4.45. The molecule has 0 saturated carbocycles. The Hall–Kier alpha value is -1.04. The number of thiophene rings is 1. The van der Waals surface area contributed by atoms with Crippen molar-refractivity contribution in [3.8, 4) is 0 Å². The van der Waals surface area contributed by atoms with Crippen molar-refractivity contribution in [1.29, 1.82) is 0 Å². The van der Waals surface area contributed by atoms with E-state index in [0.29, 0.717) is 19.9 Å².